The maximum Gasteiger partial charge on any atom is 0.329 e. The third-order valence-corrected chi connectivity index (χ3v) is 3.91. The summed E-state index contributed by atoms with van der Waals surface area (Å²) >= 11 is 5.89. The maximum atomic E-state index is 12.3. The third kappa shape index (κ3) is 2.37. The highest BCUT2D eigenvalue weighted by atomic mass is 35.5. The number of hydrogen-bond donors (Lipinski definition) is 1. The van der Waals surface area contributed by atoms with Gasteiger partial charge in [-0.25, -0.2) is 4.79 Å². The zero-order chi connectivity index (χ0) is 13.3. The fourth-order valence-electron chi connectivity index (χ4n) is 2.45. The van der Waals surface area contributed by atoms with Crippen LogP contribution in [-0.4, -0.2) is 34.6 Å². The number of nitrogens with zero attached hydrogens (tertiary/aromatic N) is 2. The number of aromatic nitrogens is 2. The molecule has 18 heavy (non-hydrogen) atoms. The SMILES string of the molecule is CCc1c(Cl)[nH]c(=O)n(C2CCN(C)CC2)c1=O. The highest BCUT2D eigenvalue weighted by Gasteiger charge is 2.22. The van der Waals surface area contributed by atoms with Gasteiger partial charge in [-0.05, 0) is 39.4 Å². The van der Waals surface area contributed by atoms with Gasteiger partial charge >= 0.3 is 5.69 Å². The molecular weight excluding hydrogens is 254 g/mol. The van der Waals surface area contributed by atoms with Crippen LogP contribution in [0.15, 0.2) is 9.59 Å². The van der Waals surface area contributed by atoms with Crippen molar-refractivity contribution in [2.24, 2.45) is 0 Å². The lowest BCUT2D eigenvalue weighted by molar-refractivity contribution is 0.215. The second kappa shape index (κ2) is 5.28. The van der Waals surface area contributed by atoms with Crippen molar-refractivity contribution in [3.05, 3.63) is 31.6 Å². The summed E-state index contributed by atoms with van der Waals surface area (Å²) in [5.41, 5.74) is -0.132. The normalized spacial score (nSPS) is 18.2. The van der Waals surface area contributed by atoms with Crippen LogP contribution >= 0.6 is 11.6 Å². The molecule has 1 aromatic heterocycles. The summed E-state index contributed by atoms with van der Waals surface area (Å²) < 4.78 is 1.34. The van der Waals surface area contributed by atoms with E-state index in [4.69, 9.17) is 11.6 Å². The molecule has 0 saturated carbocycles. The van der Waals surface area contributed by atoms with Crippen molar-refractivity contribution < 1.29 is 0 Å². The summed E-state index contributed by atoms with van der Waals surface area (Å²) in [6, 6.07) is -0.0139. The largest absolute Gasteiger partial charge is 0.329 e. The molecule has 1 N–H and O–H groups in total. The lowest BCUT2D eigenvalue weighted by atomic mass is 10.1. The van der Waals surface area contributed by atoms with Crippen LogP contribution in [0.5, 0.6) is 0 Å². The second-order valence-corrected chi connectivity index (χ2v) is 5.16. The summed E-state index contributed by atoms with van der Waals surface area (Å²) in [6.45, 7) is 3.67. The highest BCUT2D eigenvalue weighted by molar-refractivity contribution is 6.30. The van der Waals surface area contributed by atoms with Crippen LogP contribution in [0.1, 0.15) is 31.4 Å². The van der Waals surface area contributed by atoms with Gasteiger partial charge in [0.25, 0.3) is 5.56 Å². The minimum absolute atomic E-state index is 0.0139. The number of likely N-dealkylation sites (tertiary alicyclic amines) is 1. The second-order valence-electron chi connectivity index (χ2n) is 4.79. The van der Waals surface area contributed by atoms with Crippen molar-refractivity contribution in [3.63, 3.8) is 0 Å². The molecule has 0 bridgehead atoms. The van der Waals surface area contributed by atoms with Crippen molar-refractivity contribution in [3.8, 4) is 0 Å². The predicted molar refractivity (Wildman–Crippen MR) is 71.5 cm³/mol. The van der Waals surface area contributed by atoms with Crippen molar-refractivity contribution in [1.29, 1.82) is 0 Å². The molecule has 1 fully saturated rings. The first-order valence-corrected chi connectivity index (χ1v) is 6.64. The molecule has 1 saturated heterocycles. The van der Waals surface area contributed by atoms with E-state index in [2.05, 4.69) is 9.88 Å². The topological polar surface area (TPSA) is 58.1 Å². The van der Waals surface area contributed by atoms with Crippen LogP contribution in [0, 0.1) is 0 Å². The monoisotopic (exact) mass is 271 g/mol. The van der Waals surface area contributed by atoms with Crippen LogP contribution in [0.4, 0.5) is 0 Å². The molecule has 0 radical (unpaired) electrons. The summed E-state index contributed by atoms with van der Waals surface area (Å²) in [4.78, 5) is 29.0. The predicted octanol–water partition coefficient (Wildman–Crippen LogP) is 1.02. The van der Waals surface area contributed by atoms with Crippen LogP contribution in [-0.2, 0) is 6.42 Å². The van der Waals surface area contributed by atoms with Gasteiger partial charge in [0.1, 0.15) is 5.15 Å². The van der Waals surface area contributed by atoms with E-state index in [-0.39, 0.29) is 16.8 Å². The summed E-state index contributed by atoms with van der Waals surface area (Å²) in [5.74, 6) is 0. The first kappa shape index (κ1) is 13.4. The van der Waals surface area contributed by atoms with Gasteiger partial charge in [-0.1, -0.05) is 18.5 Å². The van der Waals surface area contributed by atoms with E-state index in [9.17, 15) is 9.59 Å². The average Bonchev–Trinajstić information content (AvgIpc) is 2.31. The molecular formula is C12H18ClN3O2. The molecule has 6 heteroatoms. The van der Waals surface area contributed by atoms with Crippen LogP contribution in [0.25, 0.3) is 0 Å². The fraction of sp³-hybridized carbons (Fsp3) is 0.667. The van der Waals surface area contributed by atoms with E-state index >= 15 is 0 Å². The number of halogens is 1. The molecule has 0 unspecified atom stereocenters. The minimum Gasteiger partial charge on any atom is -0.306 e. The van der Waals surface area contributed by atoms with E-state index in [0.717, 1.165) is 25.9 Å². The van der Waals surface area contributed by atoms with E-state index in [0.29, 0.717) is 12.0 Å². The zero-order valence-electron chi connectivity index (χ0n) is 10.7. The van der Waals surface area contributed by atoms with E-state index in [1.54, 1.807) is 0 Å². The van der Waals surface area contributed by atoms with Crippen LogP contribution in [0.3, 0.4) is 0 Å². The molecule has 1 aliphatic rings. The molecule has 0 aromatic carbocycles. The Morgan fingerprint density at radius 2 is 1.94 bits per heavy atom. The Morgan fingerprint density at radius 1 is 1.33 bits per heavy atom. The van der Waals surface area contributed by atoms with Gasteiger partial charge in [0.05, 0.1) is 5.56 Å². The lowest BCUT2D eigenvalue weighted by Gasteiger charge is -2.29. The van der Waals surface area contributed by atoms with E-state index < -0.39 is 5.69 Å². The van der Waals surface area contributed by atoms with Crippen molar-refractivity contribution in [2.45, 2.75) is 32.2 Å². The Kier molecular flexibility index (Phi) is 3.92. The average molecular weight is 272 g/mol. The smallest absolute Gasteiger partial charge is 0.306 e. The molecule has 2 rings (SSSR count). The van der Waals surface area contributed by atoms with Gasteiger partial charge in [0.15, 0.2) is 0 Å². The van der Waals surface area contributed by atoms with Crippen LogP contribution < -0.4 is 11.2 Å². The van der Waals surface area contributed by atoms with Gasteiger partial charge < -0.3 is 4.90 Å². The Morgan fingerprint density at radius 3 is 2.50 bits per heavy atom. The minimum atomic E-state index is -0.392. The number of aromatic amines is 1. The molecule has 5 nitrogen and oxygen atoms in total. The third-order valence-electron chi connectivity index (χ3n) is 3.58. The zero-order valence-corrected chi connectivity index (χ0v) is 11.5. The lowest BCUT2D eigenvalue weighted by Crippen LogP contribution is -2.43. The summed E-state index contributed by atoms with van der Waals surface area (Å²) in [7, 11) is 2.04. The molecule has 0 atom stereocenters. The molecule has 2 heterocycles. The van der Waals surface area contributed by atoms with Gasteiger partial charge in [-0.2, -0.15) is 0 Å². The van der Waals surface area contributed by atoms with Gasteiger partial charge in [0.2, 0.25) is 0 Å². The van der Waals surface area contributed by atoms with Crippen molar-refractivity contribution >= 4 is 11.6 Å². The van der Waals surface area contributed by atoms with Crippen molar-refractivity contribution in [2.75, 3.05) is 20.1 Å². The standard InChI is InChI=1S/C12H18ClN3O2/c1-3-9-10(13)14-12(18)16(11(9)17)8-4-6-15(2)7-5-8/h8H,3-7H2,1-2H3,(H,14,18). The van der Waals surface area contributed by atoms with Gasteiger partial charge in [0, 0.05) is 6.04 Å². The molecule has 0 aliphatic carbocycles. The van der Waals surface area contributed by atoms with Crippen LogP contribution in [0.2, 0.25) is 5.15 Å². The highest BCUT2D eigenvalue weighted by Crippen LogP contribution is 2.19. The first-order valence-electron chi connectivity index (χ1n) is 6.26. The quantitative estimate of drug-likeness (QED) is 0.817. The maximum absolute atomic E-state index is 12.3. The summed E-state index contributed by atoms with van der Waals surface area (Å²) in [5, 5.41) is 0.177. The Bertz CT molecular complexity index is 541. The fourth-order valence-corrected chi connectivity index (χ4v) is 2.75. The number of piperidine rings is 1. The van der Waals surface area contributed by atoms with Crippen molar-refractivity contribution in [1.82, 2.24) is 14.5 Å². The Balaban J connectivity index is 2.45. The molecule has 1 aliphatic heterocycles. The Labute approximate surface area is 110 Å². The molecule has 0 spiro atoms. The Hall–Kier alpha value is -1.07. The van der Waals surface area contributed by atoms with Gasteiger partial charge in [-0.15, -0.1) is 0 Å². The first-order chi connectivity index (χ1) is 8.54. The van der Waals surface area contributed by atoms with E-state index in [1.807, 2.05) is 14.0 Å². The summed E-state index contributed by atoms with van der Waals surface area (Å²) in [6.07, 6.45) is 2.18. The number of rotatable bonds is 2. The number of H-pyrrole nitrogens is 1. The van der Waals surface area contributed by atoms with E-state index in [1.165, 1.54) is 4.57 Å². The molecule has 100 valence electrons. The number of nitrogens with one attached hydrogen (secondary N) is 1. The molecule has 0 amide bonds. The van der Waals surface area contributed by atoms with Gasteiger partial charge in [-0.3, -0.25) is 14.3 Å². The molecule has 1 aromatic rings. The number of hydrogen-bond acceptors (Lipinski definition) is 3.